The number of H-pyrrole nitrogens is 1. The van der Waals surface area contributed by atoms with Crippen LogP contribution in [0.5, 0.6) is 0 Å². The van der Waals surface area contributed by atoms with E-state index in [0.29, 0.717) is 36.4 Å². The maximum absolute atomic E-state index is 13.2. The molecule has 2 heterocycles. The van der Waals surface area contributed by atoms with Gasteiger partial charge in [-0.25, -0.2) is 14.4 Å². The molecule has 0 atom stereocenters. The van der Waals surface area contributed by atoms with Crippen molar-refractivity contribution in [1.29, 1.82) is 0 Å². The Hall–Kier alpha value is -3.22. The number of carbonyl (C=O) groups excluding carboxylic acids is 1. The third kappa shape index (κ3) is 4.20. The first-order chi connectivity index (χ1) is 12.2. The summed E-state index contributed by atoms with van der Waals surface area (Å²) < 4.78 is 13.2. The fourth-order valence-electron chi connectivity index (χ4n) is 2.36. The molecule has 3 rings (SSSR count). The predicted octanol–water partition coefficient (Wildman–Crippen LogP) is 2.67. The summed E-state index contributed by atoms with van der Waals surface area (Å²) in [6.07, 6.45) is 3.78. The average molecular weight is 339 g/mol. The Labute approximate surface area is 144 Å². The van der Waals surface area contributed by atoms with E-state index in [2.05, 4.69) is 32.2 Å². The first-order valence-corrected chi connectivity index (χ1v) is 7.89. The number of nitrogens with zero attached hydrogens (tertiary/aromatic N) is 2. The quantitative estimate of drug-likeness (QED) is 0.578. The number of benzene rings is 1. The fraction of sp³-hybridized carbons (Fsp3) is 0.167. The highest BCUT2D eigenvalue weighted by atomic mass is 19.1. The van der Waals surface area contributed by atoms with Crippen molar-refractivity contribution in [2.45, 2.75) is 6.42 Å². The van der Waals surface area contributed by atoms with Crippen molar-refractivity contribution in [3.8, 4) is 0 Å². The van der Waals surface area contributed by atoms with Gasteiger partial charge in [0.15, 0.2) is 0 Å². The molecule has 6 nitrogen and oxygen atoms in total. The molecule has 0 fully saturated rings. The van der Waals surface area contributed by atoms with Gasteiger partial charge in [0.1, 0.15) is 17.5 Å². The summed E-state index contributed by atoms with van der Waals surface area (Å²) in [5, 5.41) is 5.86. The second kappa shape index (κ2) is 7.57. The highest BCUT2D eigenvalue weighted by Crippen LogP contribution is 2.13. The number of rotatable bonds is 7. The van der Waals surface area contributed by atoms with Crippen LogP contribution < -0.4 is 10.6 Å². The van der Waals surface area contributed by atoms with E-state index in [4.69, 9.17) is 0 Å². The Morgan fingerprint density at radius 2 is 2.20 bits per heavy atom. The largest absolute Gasteiger partial charge is 0.370 e. The van der Waals surface area contributed by atoms with Gasteiger partial charge in [-0.15, -0.1) is 6.58 Å². The van der Waals surface area contributed by atoms with Gasteiger partial charge < -0.3 is 15.6 Å². The Balaban J connectivity index is 1.54. The zero-order valence-corrected chi connectivity index (χ0v) is 13.6. The summed E-state index contributed by atoms with van der Waals surface area (Å²) in [6, 6.07) is 7.92. The van der Waals surface area contributed by atoms with Crippen molar-refractivity contribution in [2.24, 2.45) is 0 Å². The van der Waals surface area contributed by atoms with Crippen LogP contribution >= 0.6 is 0 Å². The molecule has 0 aliphatic heterocycles. The second-order valence-corrected chi connectivity index (χ2v) is 5.45. The number of anilines is 1. The fourth-order valence-corrected chi connectivity index (χ4v) is 2.36. The molecule has 1 aromatic carbocycles. The topological polar surface area (TPSA) is 82.7 Å². The normalized spacial score (nSPS) is 10.6. The molecular formula is C18H18FN5O. The molecule has 1 amide bonds. The summed E-state index contributed by atoms with van der Waals surface area (Å²) in [5.74, 6) is 0.964. The molecule has 0 bridgehead atoms. The molecule has 25 heavy (non-hydrogen) atoms. The van der Waals surface area contributed by atoms with Gasteiger partial charge in [-0.05, 0) is 30.3 Å². The number of aromatic nitrogens is 3. The highest BCUT2D eigenvalue weighted by Gasteiger charge is 2.06. The van der Waals surface area contributed by atoms with Crippen molar-refractivity contribution in [1.82, 2.24) is 20.3 Å². The number of pyridine rings is 1. The van der Waals surface area contributed by atoms with Gasteiger partial charge in [-0.2, -0.15) is 0 Å². The van der Waals surface area contributed by atoms with Crippen LogP contribution in [0, 0.1) is 5.82 Å². The van der Waals surface area contributed by atoms with Crippen LogP contribution in [-0.4, -0.2) is 33.9 Å². The Morgan fingerprint density at radius 1 is 1.32 bits per heavy atom. The van der Waals surface area contributed by atoms with Crippen LogP contribution in [0.4, 0.5) is 10.2 Å². The lowest BCUT2D eigenvalue weighted by molar-refractivity contribution is 0.0957. The number of amides is 1. The minimum absolute atomic E-state index is 0.187. The molecular weight excluding hydrogens is 321 g/mol. The summed E-state index contributed by atoms with van der Waals surface area (Å²) in [7, 11) is 0. The first kappa shape index (κ1) is 16.6. The van der Waals surface area contributed by atoms with Gasteiger partial charge >= 0.3 is 0 Å². The van der Waals surface area contributed by atoms with Crippen LogP contribution in [-0.2, 0) is 6.42 Å². The molecule has 0 unspecified atom stereocenters. The molecule has 7 heteroatoms. The lowest BCUT2D eigenvalue weighted by Gasteiger charge is -2.06. The molecule has 3 N–H and O–H groups in total. The summed E-state index contributed by atoms with van der Waals surface area (Å²) in [6.45, 7) is 4.58. The number of nitrogens with one attached hydrogen (secondary N) is 3. The minimum Gasteiger partial charge on any atom is -0.370 e. The van der Waals surface area contributed by atoms with Gasteiger partial charge in [0, 0.05) is 25.7 Å². The number of imidazole rings is 1. The Kier molecular flexibility index (Phi) is 5.03. The van der Waals surface area contributed by atoms with E-state index < -0.39 is 0 Å². The monoisotopic (exact) mass is 339 g/mol. The minimum atomic E-state index is -0.290. The number of aromatic amines is 1. The lowest BCUT2D eigenvalue weighted by Crippen LogP contribution is -2.23. The van der Waals surface area contributed by atoms with Gasteiger partial charge in [0.05, 0.1) is 16.6 Å². The number of fused-ring (bicyclic) bond motifs is 1. The molecule has 0 radical (unpaired) electrons. The van der Waals surface area contributed by atoms with E-state index in [9.17, 15) is 9.18 Å². The van der Waals surface area contributed by atoms with Crippen molar-refractivity contribution in [3.05, 3.63) is 66.4 Å². The number of halogens is 1. The summed E-state index contributed by atoms with van der Waals surface area (Å²) in [4.78, 5) is 23.5. The number of carbonyl (C=O) groups is 1. The Morgan fingerprint density at radius 3 is 2.96 bits per heavy atom. The SMILES string of the molecule is C=CCNC(=O)c1ccc(NCCc2nc3ccc(F)cc3[nH]2)nc1. The molecule has 0 saturated carbocycles. The predicted molar refractivity (Wildman–Crippen MR) is 95.0 cm³/mol. The van der Waals surface area contributed by atoms with Crippen molar-refractivity contribution < 1.29 is 9.18 Å². The van der Waals surface area contributed by atoms with Crippen LogP contribution in [0.1, 0.15) is 16.2 Å². The molecule has 0 spiro atoms. The molecule has 3 aromatic rings. The molecule has 2 aromatic heterocycles. The van der Waals surface area contributed by atoms with Crippen molar-refractivity contribution >= 4 is 22.8 Å². The van der Waals surface area contributed by atoms with Crippen LogP contribution in [0.2, 0.25) is 0 Å². The number of hydrogen-bond acceptors (Lipinski definition) is 4. The van der Waals surface area contributed by atoms with E-state index in [-0.39, 0.29) is 11.7 Å². The smallest absolute Gasteiger partial charge is 0.253 e. The van der Waals surface area contributed by atoms with E-state index in [1.54, 1.807) is 24.3 Å². The zero-order chi connectivity index (χ0) is 17.6. The van der Waals surface area contributed by atoms with Crippen LogP contribution in [0.25, 0.3) is 11.0 Å². The maximum atomic E-state index is 13.2. The van der Waals surface area contributed by atoms with Crippen LogP contribution in [0.15, 0.2) is 49.2 Å². The average Bonchev–Trinajstić information content (AvgIpc) is 3.02. The van der Waals surface area contributed by atoms with Crippen molar-refractivity contribution in [3.63, 3.8) is 0 Å². The summed E-state index contributed by atoms with van der Waals surface area (Å²) >= 11 is 0. The highest BCUT2D eigenvalue weighted by molar-refractivity contribution is 5.94. The van der Waals surface area contributed by atoms with Crippen molar-refractivity contribution in [2.75, 3.05) is 18.4 Å². The van der Waals surface area contributed by atoms with Gasteiger partial charge in [0.2, 0.25) is 0 Å². The number of hydrogen-bond donors (Lipinski definition) is 3. The third-order valence-electron chi connectivity index (χ3n) is 3.59. The van der Waals surface area contributed by atoms with E-state index in [0.717, 1.165) is 11.3 Å². The van der Waals surface area contributed by atoms with Gasteiger partial charge in [-0.3, -0.25) is 4.79 Å². The molecule has 0 aliphatic carbocycles. The van der Waals surface area contributed by atoms with E-state index in [1.807, 2.05) is 0 Å². The Bertz CT molecular complexity index is 888. The van der Waals surface area contributed by atoms with E-state index in [1.165, 1.54) is 18.3 Å². The molecule has 0 aliphatic rings. The maximum Gasteiger partial charge on any atom is 0.253 e. The standard InChI is InChI=1S/C18H18FN5O/c1-2-8-21-18(25)12-3-6-16(22-11-12)20-9-7-17-23-14-5-4-13(19)10-15(14)24-17/h2-6,10-11H,1,7-9H2,(H,20,22)(H,21,25)(H,23,24). The van der Waals surface area contributed by atoms with Gasteiger partial charge in [0.25, 0.3) is 5.91 Å². The van der Waals surface area contributed by atoms with E-state index >= 15 is 0 Å². The first-order valence-electron chi connectivity index (χ1n) is 7.89. The lowest BCUT2D eigenvalue weighted by atomic mass is 10.2. The van der Waals surface area contributed by atoms with Gasteiger partial charge in [-0.1, -0.05) is 6.08 Å². The molecule has 128 valence electrons. The molecule has 0 saturated heterocycles. The third-order valence-corrected chi connectivity index (χ3v) is 3.59. The summed E-state index contributed by atoms with van der Waals surface area (Å²) in [5.41, 5.74) is 1.92. The zero-order valence-electron chi connectivity index (χ0n) is 13.6. The van der Waals surface area contributed by atoms with Crippen LogP contribution in [0.3, 0.4) is 0 Å². The second-order valence-electron chi connectivity index (χ2n) is 5.45.